The summed E-state index contributed by atoms with van der Waals surface area (Å²) in [4.78, 5) is 14.4. The molecule has 0 N–H and O–H groups in total. The average Bonchev–Trinajstić information content (AvgIpc) is 3.41. The molecule has 1 fully saturated rings. The molecular weight excluding hydrogens is 476 g/mol. The molecule has 3 aromatic carbocycles. The van der Waals surface area contributed by atoms with Crippen LogP contribution in [-0.4, -0.2) is 37.7 Å². The molecule has 198 valence electrons. The highest BCUT2D eigenvalue weighted by Gasteiger charge is 2.25. The number of hydrogen-bond donors (Lipinski definition) is 0. The summed E-state index contributed by atoms with van der Waals surface area (Å²) < 4.78 is 16.9. The minimum Gasteiger partial charge on any atom is -0.493 e. The summed E-state index contributed by atoms with van der Waals surface area (Å²) in [5.74, 6) is 1.84. The van der Waals surface area contributed by atoms with Gasteiger partial charge in [-0.15, -0.1) is 0 Å². The van der Waals surface area contributed by atoms with E-state index in [-0.39, 0.29) is 5.78 Å². The number of ether oxygens (including phenoxy) is 2. The lowest BCUT2D eigenvalue weighted by atomic mass is 9.91. The maximum atomic E-state index is 12.0. The standard InChI is InChI=1S/C32H36N2O4/c1-3-28(35)25-14-15-30(31(22-25)36-2)37-20-7-6-9-23-10-8-11-26(21-23)34-18-16-24(17-19-34)32-27-12-4-5-13-29(27)38-33-32/h4-5,8,10-15,21-22,24H,3,6-7,9,16-20H2,1-2H3. The summed E-state index contributed by atoms with van der Waals surface area (Å²) in [6, 6.07) is 22.5. The number of nitrogens with zero attached hydrogens (tertiary/aromatic N) is 2. The number of unbranched alkanes of at least 4 members (excludes halogenated alkanes) is 1. The summed E-state index contributed by atoms with van der Waals surface area (Å²) in [5, 5.41) is 5.55. The van der Waals surface area contributed by atoms with Crippen molar-refractivity contribution in [3.63, 3.8) is 0 Å². The highest BCUT2D eigenvalue weighted by molar-refractivity contribution is 5.96. The lowest BCUT2D eigenvalue weighted by Gasteiger charge is -2.33. The van der Waals surface area contributed by atoms with Crippen molar-refractivity contribution >= 4 is 22.4 Å². The number of hydrogen-bond acceptors (Lipinski definition) is 6. The quantitative estimate of drug-likeness (QED) is 0.156. The fraction of sp³-hybridized carbons (Fsp3) is 0.375. The summed E-state index contributed by atoms with van der Waals surface area (Å²) in [6.07, 6.45) is 5.63. The van der Waals surface area contributed by atoms with Crippen LogP contribution >= 0.6 is 0 Å². The normalized spacial score (nSPS) is 14.1. The van der Waals surface area contributed by atoms with Gasteiger partial charge in [0.2, 0.25) is 0 Å². The predicted molar refractivity (Wildman–Crippen MR) is 151 cm³/mol. The number of ketones is 1. The summed E-state index contributed by atoms with van der Waals surface area (Å²) in [5.41, 5.74) is 5.30. The largest absolute Gasteiger partial charge is 0.493 e. The van der Waals surface area contributed by atoms with E-state index in [9.17, 15) is 4.79 Å². The molecule has 0 bridgehead atoms. The van der Waals surface area contributed by atoms with Gasteiger partial charge in [-0.05, 0) is 80.1 Å². The third-order valence-electron chi connectivity index (χ3n) is 7.49. The van der Waals surface area contributed by atoms with Crippen molar-refractivity contribution in [3.8, 4) is 11.5 Å². The van der Waals surface area contributed by atoms with Gasteiger partial charge >= 0.3 is 0 Å². The molecule has 1 aliphatic rings. The molecule has 1 saturated heterocycles. The molecule has 1 aliphatic heterocycles. The van der Waals surface area contributed by atoms with Crippen molar-refractivity contribution in [2.45, 2.75) is 51.4 Å². The van der Waals surface area contributed by atoms with Crippen molar-refractivity contribution in [1.82, 2.24) is 5.16 Å². The molecule has 0 radical (unpaired) electrons. The third kappa shape index (κ3) is 5.85. The minimum atomic E-state index is 0.102. The second-order valence-corrected chi connectivity index (χ2v) is 9.94. The fourth-order valence-electron chi connectivity index (χ4n) is 5.30. The molecule has 5 rings (SSSR count). The van der Waals surface area contributed by atoms with Gasteiger partial charge < -0.3 is 18.9 Å². The molecule has 1 aromatic heterocycles. The minimum absolute atomic E-state index is 0.102. The van der Waals surface area contributed by atoms with Crippen LogP contribution in [-0.2, 0) is 6.42 Å². The first-order valence-corrected chi connectivity index (χ1v) is 13.7. The van der Waals surface area contributed by atoms with Crippen LogP contribution < -0.4 is 14.4 Å². The van der Waals surface area contributed by atoms with Gasteiger partial charge in [0.15, 0.2) is 22.9 Å². The molecular formula is C32H36N2O4. The van der Waals surface area contributed by atoms with E-state index in [1.807, 2.05) is 31.2 Å². The van der Waals surface area contributed by atoms with E-state index in [1.54, 1.807) is 13.2 Å². The van der Waals surface area contributed by atoms with Crippen LogP contribution in [0, 0.1) is 0 Å². The second kappa shape index (κ2) is 12.2. The number of carbonyl (C=O) groups is 1. The van der Waals surface area contributed by atoms with Gasteiger partial charge in [-0.1, -0.05) is 36.3 Å². The van der Waals surface area contributed by atoms with Crippen LogP contribution in [0.4, 0.5) is 5.69 Å². The van der Waals surface area contributed by atoms with Crippen molar-refractivity contribution in [2.24, 2.45) is 0 Å². The molecule has 0 unspecified atom stereocenters. The maximum absolute atomic E-state index is 12.0. The molecule has 38 heavy (non-hydrogen) atoms. The second-order valence-electron chi connectivity index (χ2n) is 9.94. The lowest BCUT2D eigenvalue weighted by Crippen LogP contribution is -2.33. The number of benzene rings is 3. The molecule has 4 aromatic rings. The molecule has 0 spiro atoms. The number of para-hydroxylation sites is 1. The first-order valence-electron chi connectivity index (χ1n) is 13.7. The number of fused-ring (bicyclic) bond motifs is 1. The number of aromatic nitrogens is 1. The van der Waals surface area contributed by atoms with Gasteiger partial charge in [0.05, 0.1) is 19.4 Å². The van der Waals surface area contributed by atoms with E-state index < -0.39 is 0 Å². The Morgan fingerprint density at radius 3 is 2.66 bits per heavy atom. The van der Waals surface area contributed by atoms with E-state index in [0.717, 1.165) is 61.9 Å². The van der Waals surface area contributed by atoms with Gasteiger partial charge in [0.1, 0.15) is 0 Å². The van der Waals surface area contributed by atoms with Crippen LogP contribution in [0.3, 0.4) is 0 Å². The van der Waals surface area contributed by atoms with Gasteiger partial charge in [0.25, 0.3) is 0 Å². The van der Waals surface area contributed by atoms with E-state index in [1.165, 1.54) is 11.3 Å². The van der Waals surface area contributed by atoms with Crippen LogP contribution in [0.15, 0.2) is 71.3 Å². The number of anilines is 1. The van der Waals surface area contributed by atoms with Crippen molar-refractivity contribution in [3.05, 3.63) is 83.6 Å². The highest BCUT2D eigenvalue weighted by Crippen LogP contribution is 2.34. The number of Topliss-reactive ketones (excluding diaryl/α,β-unsaturated/α-hetero) is 1. The Balaban J connectivity index is 1.09. The van der Waals surface area contributed by atoms with Crippen LogP contribution in [0.1, 0.15) is 66.6 Å². The summed E-state index contributed by atoms with van der Waals surface area (Å²) >= 11 is 0. The zero-order valence-electron chi connectivity index (χ0n) is 22.3. The highest BCUT2D eigenvalue weighted by atomic mass is 16.5. The van der Waals surface area contributed by atoms with Crippen molar-refractivity contribution in [1.29, 1.82) is 0 Å². The maximum Gasteiger partial charge on any atom is 0.167 e. The Labute approximate surface area is 224 Å². The molecule has 0 atom stereocenters. The predicted octanol–water partition coefficient (Wildman–Crippen LogP) is 7.21. The van der Waals surface area contributed by atoms with Crippen LogP contribution in [0.5, 0.6) is 11.5 Å². The van der Waals surface area contributed by atoms with Crippen molar-refractivity contribution in [2.75, 3.05) is 31.7 Å². The summed E-state index contributed by atoms with van der Waals surface area (Å²) in [6.45, 7) is 4.52. The third-order valence-corrected chi connectivity index (χ3v) is 7.49. The Bertz CT molecular complexity index is 1370. The smallest absolute Gasteiger partial charge is 0.167 e. The van der Waals surface area contributed by atoms with Gasteiger partial charge in [-0.2, -0.15) is 0 Å². The first-order chi connectivity index (χ1) is 18.7. The molecule has 0 saturated carbocycles. The Hall–Kier alpha value is -3.80. The lowest BCUT2D eigenvalue weighted by molar-refractivity contribution is 0.0987. The Morgan fingerprint density at radius 1 is 1.00 bits per heavy atom. The van der Waals surface area contributed by atoms with E-state index in [4.69, 9.17) is 14.0 Å². The van der Waals surface area contributed by atoms with Crippen LogP contribution in [0.25, 0.3) is 11.0 Å². The van der Waals surface area contributed by atoms with Gasteiger partial charge in [-0.25, -0.2) is 0 Å². The molecule has 6 heteroatoms. The topological polar surface area (TPSA) is 64.8 Å². The number of piperidine rings is 1. The monoisotopic (exact) mass is 512 g/mol. The molecule has 2 heterocycles. The Morgan fingerprint density at radius 2 is 1.84 bits per heavy atom. The Kier molecular flexibility index (Phi) is 8.27. The molecule has 0 amide bonds. The van der Waals surface area contributed by atoms with Gasteiger partial charge in [0, 0.05) is 42.1 Å². The zero-order chi connectivity index (χ0) is 26.3. The SMILES string of the molecule is CCC(=O)c1ccc(OCCCCc2cccc(N3CCC(c4noc5ccccc45)CC3)c2)c(OC)c1. The number of aryl methyl sites for hydroxylation is 1. The van der Waals surface area contributed by atoms with E-state index >= 15 is 0 Å². The number of methoxy groups -OCH3 is 1. The summed E-state index contributed by atoms with van der Waals surface area (Å²) in [7, 11) is 1.61. The average molecular weight is 513 g/mol. The van der Waals surface area contributed by atoms with E-state index in [2.05, 4.69) is 46.5 Å². The molecule has 0 aliphatic carbocycles. The van der Waals surface area contributed by atoms with Crippen LogP contribution in [0.2, 0.25) is 0 Å². The number of rotatable bonds is 11. The fourth-order valence-corrected chi connectivity index (χ4v) is 5.30. The number of carbonyl (C=O) groups excluding carboxylic acids is 1. The van der Waals surface area contributed by atoms with Gasteiger partial charge in [-0.3, -0.25) is 4.79 Å². The van der Waals surface area contributed by atoms with Crippen molar-refractivity contribution < 1.29 is 18.8 Å². The molecule has 6 nitrogen and oxygen atoms in total. The van der Waals surface area contributed by atoms with E-state index in [0.29, 0.717) is 36.0 Å². The zero-order valence-corrected chi connectivity index (χ0v) is 22.3. The first kappa shape index (κ1) is 25.8.